The second kappa shape index (κ2) is 7.84. The molecule has 6 nitrogen and oxygen atoms in total. The molecule has 0 aliphatic rings. The van der Waals surface area contributed by atoms with E-state index in [4.69, 9.17) is 11.6 Å². The lowest BCUT2D eigenvalue weighted by molar-refractivity contribution is 0.0950. The number of amides is 1. The van der Waals surface area contributed by atoms with Gasteiger partial charge in [0.1, 0.15) is 5.69 Å². The van der Waals surface area contributed by atoms with Gasteiger partial charge < -0.3 is 4.90 Å². The van der Waals surface area contributed by atoms with Crippen molar-refractivity contribution in [2.75, 3.05) is 19.0 Å². The van der Waals surface area contributed by atoms with Crippen LogP contribution >= 0.6 is 11.6 Å². The van der Waals surface area contributed by atoms with Gasteiger partial charge in [-0.25, -0.2) is 5.43 Å². The number of anilines is 1. The standard InChI is InChI=1S/C19H18ClN5O/c1-25(2)16-9-3-13(4-10-16)12-21-24-19(26)18-11-17(22-23-18)14-5-7-15(20)8-6-14/h3-12H,1-2H3,(H,22,23)(H,24,26)/b21-12-. The predicted molar refractivity (Wildman–Crippen MR) is 105 cm³/mol. The van der Waals surface area contributed by atoms with Crippen LogP contribution in [0.3, 0.4) is 0 Å². The van der Waals surface area contributed by atoms with Gasteiger partial charge in [-0.15, -0.1) is 0 Å². The summed E-state index contributed by atoms with van der Waals surface area (Å²) < 4.78 is 0. The number of nitrogens with zero attached hydrogens (tertiary/aromatic N) is 3. The molecule has 1 amide bonds. The highest BCUT2D eigenvalue weighted by molar-refractivity contribution is 6.30. The molecule has 26 heavy (non-hydrogen) atoms. The summed E-state index contributed by atoms with van der Waals surface area (Å²) in [5.41, 5.74) is 6.33. The third-order valence-electron chi connectivity index (χ3n) is 3.75. The maximum atomic E-state index is 12.2. The van der Waals surface area contributed by atoms with Crippen molar-refractivity contribution in [2.45, 2.75) is 0 Å². The summed E-state index contributed by atoms with van der Waals surface area (Å²) in [6.45, 7) is 0. The number of nitrogens with one attached hydrogen (secondary N) is 2. The van der Waals surface area contributed by atoms with Crippen LogP contribution in [0.1, 0.15) is 16.1 Å². The molecule has 3 rings (SSSR count). The molecule has 0 atom stereocenters. The zero-order valence-electron chi connectivity index (χ0n) is 14.4. The van der Waals surface area contributed by atoms with Gasteiger partial charge in [-0.3, -0.25) is 9.89 Å². The number of carbonyl (C=O) groups is 1. The smallest absolute Gasteiger partial charge is 0.289 e. The number of aromatic amines is 1. The van der Waals surface area contributed by atoms with E-state index in [9.17, 15) is 4.79 Å². The van der Waals surface area contributed by atoms with Crippen LogP contribution in [0, 0.1) is 0 Å². The molecule has 0 saturated heterocycles. The van der Waals surface area contributed by atoms with Gasteiger partial charge in [-0.05, 0) is 35.9 Å². The number of rotatable bonds is 5. The highest BCUT2D eigenvalue weighted by Crippen LogP contribution is 2.20. The first kappa shape index (κ1) is 17.7. The van der Waals surface area contributed by atoms with E-state index < -0.39 is 0 Å². The topological polar surface area (TPSA) is 73.4 Å². The monoisotopic (exact) mass is 367 g/mol. The number of aromatic nitrogens is 2. The maximum absolute atomic E-state index is 12.2. The van der Waals surface area contributed by atoms with Crippen LogP contribution in [0.15, 0.2) is 59.7 Å². The van der Waals surface area contributed by atoms with Crippen LogP contribution in [-0.4, -0.2) is 36.4 Å². The summed E-state index contributed by atoms with van der Waals surface area (Å²) in [5, 5.41) is 11.5. The Morgan fingerprint density at radius 1 is 1.15 bits per heavy atom. The first-order chi connectivity index (χ1) is 12.5. The molecule has 3 aromatic rings. The third kappa shape index (κ3) is 4.29. The van der Waals surface area contributed by atoms with E-state index in [2.05, 4.69) is 20.7 Å². The summed E-state index contributed by atoms with van der Waals surface area (Å²) in [6, 6.07) is 16.7. The van der Waals surface area contributed by atoms with Crippen LogP contribution in [0.2, 0.25) is 5.02 Å². The molecule has 1 heterocycles. The van der Waals surface area contributed by atoms with E-state index in [1.807, 2.05) is 55.4 Å². The summed E-state index contributed by atoms with van der Waals surface area (Å²) >= 11 is 5.88. The summed E-state index contributed by atoms with van der Waals surface area (Å²) in [7, 11) is 3.96. The normalized spacial score (nSPS) is 10.9. The van der Waals surface area contributed by atoms with E-state index in [0.29, 0.717) is 16.4 Å². The van der Waals surface area contributed by atoms with E-state index in [1.54, 1.807) is 24.4 Å². The summed E-state index contributed by atoms with van der Waals surface area (Å²) in [4.78, 5) is 14.2. The molecular weight excluding hydrogens is 350 g/mol. The Labute approximate surface area is 156 Å². The van der Waals surface area contributed by atoms with Crippen molar-refractivity contribution in [3.05, 3.63) is 70.9 Å². The minimum Gasteiger partial charge on any atom is -0.378 e. The molecule has 0 aliphatic carbocycles. The van der Waals surface area contributed by atoms with Gasteiger partial charge in [-0.1, -0.05) is 35.9 Å². The number of hydrogen-bond acceptors (Lipinski definition) is 4. The molecule has 7 heteroatoms. The van der Waals surface area contributed by atoms with Gasteiger partial charge in [0.2, 0.25) is 0 Å². The molecule has 132 valence electrons. The van der Waals surface area contributed by atoms with Crippen LogP contribution < -0.4 is 10.3 Å². The minimum atomic E-state index is -0.362. The Bertz CT molecular complexity index is 914. The minimum absolute atomic E-state index is 0.329. The zero-order valence-corrected chi connectivity index (χ0v) is 15.2. The fourth-order valence-corrected chi connectivity index (χ4v) is 2.42. The molecule has 0 radical (unpaired) electrons. The van der Waals surface area contributed by atoms with Gasteiger partial charge in [-0.2, -0.15) is 10.2 Å². The summed E-state index contributed by atoms with van der Waals surface area (Å²) in [6.07, 6.45) is 1.59. The van der Waals surface area contributed by atoms with E-state index in [1.165, 1.54) is 0 Å². The quantitative estimate of drug-likeness (QED) is 0.535. The van der Waals surface area contributed by atoms with Crippen molar-refractivity contribution in [3.63, 3.8) is 0 Å². The first-order valence-electron chi connectivity index (χ1n) is 7.95. The van der Waals surface area contributed by atoms with Gasteiger partial charge >= 0.3 is 0 Å². The van der Waals surface area contributed by atoms with E-state index in [-0.39, 0.29) is 5.91 Å². The Hall–Kier alpha value is -3.12. The lowest BCUT2D eigenvalue weighted by Crippen LogP contribution is -2.18. The van der Waals surface area contributed by atoms with Gasteiger partial charge in [0, 0.05) is 30.4 Å². The van der Waals surface area contributed by atoms with Crippen molar-refractivity contribution in [2.24, 2.45) is 5.10 Å². The number of hydrazone groups is 1. The molecule has 0 saturated carbocycles. The number of H-pyrrole nitrogens is 1. The van der Waals surface area contributed by atoms with Crippen LogP contribution in [0.4, 0.5) is 5.69 Å². The van der Waals surface area contributed by atoms with Crippen molar-refractivity contribution in [3.8, 4) is 11.3 Å². The van der Waals surface area contributed by atoms with Gasteiger partial charge in [0.15, 0.2) is 0 Å². The lowest BCUT2D eigenvalue weighted by Gasteiger charge is -2.11. The molecule has 0 unspecified atom stereocenters. The Morgan fingerprint density at radius 2 is 1.85 bits per heavy atom. The molecule has 2 aromatic carbocycles. The molecule has 0 spiro atoms. The van der Waals surface area contributed by atoms with Crippen molar-refractivity contribution < 1.29 is 4.79 Å². The summed E-state index contributed by atoms with van der Waals surface area (Å²) in [5.74, 6) is -0.362. The molecular formula is C19H18ClN5O. The average Bonchev–Trinajstić information content (AvgIpc) is 3.13. The average molecular weight is 368 g/mol. The molecule has 0 bridgehead atoms. The van der Waals surface area contributed by atoms with E-state index >= 15 is 0 Å². The van der Waals surface area contributed by atoms with Gasteiger partial charge in [0.05, 0.1) is 11.9 Å². The van der Waals surface area contributed by atoms with E-state index in [0.717, 1.165) is 16.8 Å². The zero-order chi connectivity index (χ0) is 18.5. The molecule has 1 aromatic heterocycles. The van der Waals surface area contributed by atoms with Crippen molar-refractivity contribution in [1.82, 2.24) is 15.6 Å². The maximum Gasteiger partial charge on any atom is 0.289 e. The lowest BCUT2D eigenvalue weighted by atomic mass is 10.1. The molecule has 0 fully saturated rings. The predicted octanol–water partition coefficient (Wildman–Crippen LogP) is 3.56. The fourth-order valence-electron chi connectivity index (χ4n) is 2.29. The molecule has 2 N–H and O–H groups in total. The Kier molecular flexibility index (Phi) is 5.34. The van der Waals surface area contributed by atoms with Crippen molar-refractivity contribution >= 4 is 29.4 Å². The highest BCUT2D eigenvalue weighted by Gasteiger charge is 2.10. The SMILES string of the molecule is CN(C)c1ccc(/C=N\NC(=O)c2cc(-c3ccc(Cl)cc3)n[nH]2)cc1. The number of halogens is 1. The van der Waals surface area contributed by atoms with Crippen LogP contribution in [-0.2, 0) is 0 Å². The second-order valence-corrected chi connectivity index (χ2v) is 6.30. The number of hydrogen-bond donors (Lipinski definition) is 2. The van der Waals surface area contributed by atoms with Gasteiger partial charge in [0.25, 0.3) is 5.91 Å². The largest absolute Gasteiger partial charge is 0.378 e. The second-order valence-electron chi connectivity index (χ2n) is 5.86. The molecule has 0 aliphatic heterocycles. The number of carbonyl (C=O) groups excluding carboxylic acids is 1. The fraction of sp³-hybridized carbons (Fsp3) is 0.105. The first-order valence-corrected chi connectivity index (χ1v) is 8.33. The number of benzene rings is 2. The highest BCUT2D eigenvalue weighted by atomic mass is 35.5. The van der Waals surface area contributed by atoms with Crippen LogP contribution in [0.5, 0.6) is 0 Å². The third-order valence-corrected chi connectivity index (χ3v) is 4.00. The van der Waals surface area contributed by atoms with Crippen molar-refractivity contribution in [1.29, 1.82) is 0 Å². The Balaban J connectivity index is 1.62. The Morgan fingerprint density at radius 3 is 2.50 bits per heavy atom. The van der Waals surface area contributed by atoms with Crippen LogP contribution in [0.25, 0.3) is 11.3 Å².